The van der Waals surface area contributed by atoms with E-state index in [1.807, 2.05) is 11.3 Å². The summed E-state index contributed by atoms with van der Waals surface area (Å²) in [4.78, 5) is 7.67. The number of aliphatic hydroxyl groups is 1. The number of nitrogens with zero attached hydrogens (tertiary/aromatic N) is 2. The van der Waals surface area contributed by atoms with Crippen LogP contribution in [-0.4, -0.2) is 53.2 Å². The third-order valence-corrected chi connectivity index (χ3v) is 5.11. The number of thiophene rings is 1. The third-order valence-electron chi connectivity index (χ3n) is 4.12. The van der Waals surface area contributed by atoms with E-state index in [0.717, 1.165) is 19.6 Å². The zero-order valence-electron chi connectivity index (χ0n) is 11.0. The van der Waals surface area contributed by atoms with Gasteiger partial charge in [-0.1, -0.05) is 0 Å². The van der Waals surface area contributed by atoms with Gasteiger partial charge in [0.2, 0.25) is 0 Å². The lowest BCUT2D eigenvalue weighted by atomic mass is 10.2. The van der Waals surface area contributed by atoms with Crippen LogP contribution in [0.25, 0.3) is 0 Å². The minimum absolute atomic E-state index is 0.163. The Hall–Kier alpha value is -0.420. The van der Waals surface area contributed by atoms with Crippen molar-refractivity contribution in [2.75, 3.05) is 26.2 Å². The van der Waals surface area contributed by atoms with Crippen LogP contribution >= 0.6 is 11.3 Å². The van der Waals surface area contributed by atoms with Gasteiger partial charge in [-0.25, -0.2) is 0 Å². The van der Waals surface area contributed by atoms with Crippen LogP contribution in [0.1, 0.15) is 22.6 Å². The molecule has 0 spiro atoms. The van der Waals surface area contributed by atoms with E-state index in [1.165, 1.54) is 35.7 Å². The lowest BCUT2D eigenvalue weighted by Gasteiger charge is -2.25. The molecule has 100 valence electrons. The highest BCUT2D eigenvalue weighted by Crippen LogP contribution is 2.24. The molecule has 3 rings (SSSR count). The van der Waals surface area contributed by atoms with Crippen molar-refractivity contribution < 1.29 is 5.11 Å². The van der Waals surface area contributed by atoms with Crippen LogP contribution in [0.3, 0.4) is 0 Å². The van der Waals surface area contributed by atoms with Gasteiger partial charge in [0.05, 0.1) is 6.10 Å². The van der Waals surface area contributed by atoms with Gasteiger partial charge in [-0.05, 0) is 45.0 Å². The Morgan fingerprint density at radius 1 is 1.28 bits per heavy atom. The van der Waals surface area contributed by atoms with Gasteiger partial charge in [-0.15, -0.1) is 11.3 Å². The summed E-state index contributed by atoms with van der Waals surface area (Å²) < 4.78 is 0. The van der Waals surface area contributed by atoms with Crippen molar-refractivity contribution in [3.8, 4) is 0 Å². The average molecular weight is 266 g/mol. The van der Waals surface area contributed by atoms with E-state index in [9.17, 15) is 5.11 Å². The van der Waals surface area contributed by atoms with E-state index in [1.54, 1.807) is 0 Å². The quantitative estimate of drug-likeness (QED) is 0.902. The first-order valence-corrected chi connectivity index (χ1v) is 7.74. The molecule has 2 saturated heterocycles. The molecule has 0 aromatic carbocycles. The Bertz CT molecular complexity index is 400. The van der Waals surface area contributed by atoms with E-state index in [4.69, 9.17) is 0 Å². The highest BCUT2D eigenvalue weighted by molar-refractivity contribution is 7.11. The summed E-state index contributed by atoms with van der Waals surface area (Å²) in [6, 6.07) is 4.77. The topological polar surface area (TPSA) is 26.7 Å². The van der Waals surface area contributed by atoms with Crippen LogP contribution in [0.2, 0.25) is 0 Å². The van der Waals surface area contributed by atoms with Crippen molar-refractivity contribution in [1.29, 1.82) is 0 Å². The third kappa shape index (κ3) is 2.62. The van der Waals surface area contributed by atoms with E-state index in [-0.39, 0.29) is 6.10 Å². The Balaban J connectivity index is 1.59. The predicted molar refractivity (Wildman–Crippen MR) is 74.9 cm³/mol. The molecule has 0 unspecified atom stereocenters. The van der Waals surface area contributed by atoms with Crippen molar-refractivity contribution in [3.05, 3.63) is 21.9 Å². The van der Waals surface area contributed by atoms with E-state index in [2.05, 4.69) is 28.9 Å². The lowest BCUT2D eigenvalue weighted by molar-refractivity contribution is 0.0978. The summed E-state index contributed by atoms with van der Waals surface area (Å²) >= 11 is 1.87. The Kier molecular flexibility index (Phi) is 3.71. The van der Waals surface area contributed by atoms with Gasteiger partial charge in [-0.2, -0.15) is 0 Å². The smallest absolute Gasteiger partial charge is 0.0834 e. The number of aryl methyl sites for hydroxylation is 1. The Labute approximate surface area is 113 Å². The zero-order valence-corrected chi connectivity index (χ0v) is 11.8. The highest BCUT2D eigenvalue weighted by atomic mass is 32.1. The standard InChI is InChI=1S/C14H22N2OS/c1-11-4-5-12(18-11)8-15-9-13(14(17)10-15)16-6-2-3-7-16/h4-5,13-14,17H,2-3,6-10H2,1H3/t13-,14-/m1/s1. The molecule has 0 bridgehead atoms. The predicted octanol–water partition coefficient (Wildman–Crippen LogP) is 1.70. The maximum absolute atomic E-state index is 10.2. The molecule has 3 heterocycles. The summed E-state index contributed by atoms with van der Waals surface area (Å²) in [5.41, 5.74) is 0. The molecule has 0 aliphatic carbocycles. The molecule has 4 heteroatoms. The van der Waals surface area contributed by atoms with Gasteiger partial charge in [0, 0.05) is 35.4 Å². The fraction of sp³-hybridized carbons (Fsp3) is 0.714. The Morgan fingerprint density at radius 3 is 2.72 bits per heavy atom. The molecule has 1 aromatic heterocycles. The second-order valence-corrected chi connectivity index (χ2v) is 6.96. The second-order valence-electron chi connectivity index (χ2n) is 5.58. The van der Waals surface area contributed by atoms with Crippen LogP contribution in [0.4, 0.5) is 0 Å². The summed E-state index contributed by atoms with van der Waals surface area (Å²) in [6.45, 7) is 7.36. The molecule has 0 saturated carbocycles. The van der Waals surface area contributed by atoms with Crippen molar-refractivity contribution in [1.82, 2.24) is 9.80 Å². The summed E-state index contributed by atoms with van der Waals surface area (Å²) in [5, 5.41) is 10.2. The molecule has 0 radical (unpaired) electrons. The van der Waals surface area contributed by atoms with Crippen LogP contribution < -0.4 is 0 Å². The minimum Gasteiger partial charge on any atom is -0.390 e. The molecule has 18 heavy (non-hydrogen) atoms. The fourth-order valence-corrected chi connectivity index (χ4v) is 4.13. The van der Waals surface area contributed by atoms with Crippen LogP contribution in [0.15, 0.2) is 12.1 Å². The average Bonchev–Trinajstić information content (AvgIpc) is 3.01. The molecule has 1 aromatic rings. The number of hydrogen-bond acceptors (Lipinski definition) is 4. The molecule has 2 aliphatic rings. The van der Waals surface area contributed by atoms with Crippen molar-refractivity contribution in [2.24, 2.45) is 0 Å². The second kappa shape index (κ2) is 5.29. The van der Waals surface area contributed by atoms with Crippen molar-refractivity contribution >= 4 is 11.3 Å². The lowest BCUT2D eigenvalue weighted by Crippen LogP contribution is -2.41. The molecule has 2 aliphatic heterocycles. The number of rotatable bonds is 3. The van der Waals surface area contributed by atoms with Crippen molar-refractivity contribution in [3.63, 3.8) is 0 Å². The number of aliphatic hydroxyl groups excluding tert-OH is 1. The van der Waals surface area contributed by atoms with Gasteiger partial charge >= 0.3 is 0 Å². The fourth-order valence-electron chi connectivity index (χ4n) is 3.20. The van der Waals surface area contributed by atoms with E-state index >= 15 is 0 Å². The van der Waals surface area contributed by atoms with E-state index < -0.39 is 0 Å². The van der Waals surface area contributed by atoms with Gasteiger partial charge in [0.15, 0.2) is 0 Å². The molecule has 3 nitrogen and oxygen atoms in total. The van der Waals surface area contributed by atoms with Gasteiger partial charge < -0.3 is 5.11 Å². The van der Waals surface area contributed by atoms with Crippen LogP contribution in [-0.2, 0) is 6.54 Å². The first-order chi connectivity index (χ1) is 8.72. The minimum atomic E-state index is -0.163. The monoisotopic (exact) mass is 266 g/mol. The maximum atomic E-state index is 10.2. The largest absolute Gasteiger partial charge is 0.390 e. The molecular weight excluding hydrogens is 244 g/mol. The first-order valence-electron chi connectivity index (χ1n) is 6.92. The molecule has 2 atom stereocenters. The van der Waals surface area contributed by atoms with Gasteiger partial charge in [-0.3, -0.25) is 9.80 Å². The normalized spacial score (nSPS) is 30.3. The Morgan fingerprint density at radius 2 is 2.06 bits per heavy atom. The maximum Gasteiger partial charge on any atom is 0.0834 e. The molecule has 2 fully saturated rings. The van der Waals surface area contributed by atoms with Crippen LogP contribution in [0.5, 0.6) is 0 Å². The summed E-state index contributed by atoms with van der Waals surface area (Å²) in [7, 11) is 0. The summed E-state index contributed by atoms with van der Waals surface area (Å²) in [6.07, 6.45) is 2.44. The summed E-state index contributed by atoms with van der Waals surface area (Å²) in [5.74, 6) is 0. The number of β-amino-alcohol motifs (C(OH)–C–C–N with tert-alkyl or cyclic N) is 1. The van der Waals surface area contributed by atoms with Gasteiger partial charge in [0.25, 0.3) is 0 Å². The first kappa shape index (κ1) is 12.6. The number of hydrogen-bond donors (Lipinski definition) is 1. The molecule has 0 amide bonds. The highest BCUT2D eigenvalue weighted by Gasteiger charge is 2.36. The van der Waals surface area contributed by atoms with Crippen LogP contribution in [0, 0.1) is 6.92 Å². The molecule has 1 N–H and O–H groups in total. The van der Waals surface area contributed by atoms with Crippen molar-refractivity contribution in [2.45, 2.75) is 38.5 Å². The number of likely N-dealkylation sites (tertiary alicyclic amines) is 2. The van der Waals surface area contributed by atoms with Gasteiger partial charge in [0.1, 0.15) is 0 Å². The van der Waals surface area contributed by atoms with E-state index in [0.29, 0.717) is 6.04 Å². The zero-order chi connectivity index (χ0) is 12.5. The molecular formula is C14H22N2OS. The SMILES string of the molecule is Cc1ccc(CN2C[C@@H](O)[C@H](N3CCCC3)C2)s1.